The van der Waals surface area contributed by atoms with Gasteiger partial charge in [0.1, 0.15) is 11.6 Å². The summed E-state index contributed by atoms with van der Waals surface area (Å²) in [6.07, 6.45) is 0.529. The normalized spacial score (nSPS) is 21.5. The molecule has 0 saturated heterocycles. The van der Waals surface area contributed by atoms with E-state index in [2.05, 4.69) is 0 Å². The second kappa shape index (κ2) is 3.85. The maximum atomic E-state index is 11.8. The van der Waals surface area contributed by atoms with Crippen LogP contribution in [0.4, 0.5) is 0 Å². The highest BCUT2D eigenvalue weighted by Crippen LogP contribution is 2.38. The molecule has 84 valence electrons. The second-order valence-electron chi connectivity index (χ2n) is 5.03. The summed E-state index contributed by atoms with van der Waals surface area (Å²) in [7, 11) is 0. The van der Waals surface area contributed by atoms with E-state index < -0.39 is 0 Å². The lowest BCUT2D eigenvalue weighted by atomic mass is 9.72. The van der Waals surface area contributed by atoms with Crippen LogP contribution in [-0.2, 0) is 15.0 Å². The Balaban J connectivity index is 2.32. The molecule has 1 aliphatic rings. The molecule has 1 aromatic carbocycles. The molecule has 1 aliphatic carbocycles. The van der Waals surface area contributed by atoms with Gasteiger partial charge in [0.2, 0.25) is 0 Å². The van der Waals surface area contributed by atoms with E-state index in [-0.39, 0.29) is 29.3 Å². The second-order valence-corrected chi connectivity index (χ2v) is 5.03. The van der Waals surface area contributed by atoms with E-state index in [9.17, 15) is 9.59 Å². The fourth-order valence-electron chi connectivity index (χ4n) is 2.46. The van der Waals surface area contributed by atoms with Gasteiger partial charge in [0.25, 0.3) is 0 Å². The van der Waals surface area contributed by atoms with Gasteiger partial charge >= 0.3 is 0 Å². The van der Waals surface area contributed by atoms with Gasteiger partial charge in [0, 0.05) is 12.3 Å². The van der Waals surface area contributed by atoms with Gasteiger partial charge in [-0.2, -0.15) is 0 Å². The van der Waals surface area contributed by atoms with E-state index in [4.69, 9.17) is 0 Å². The van der Waals surface area contributed by atoms with E-state index in [1.165, 1.54) is 0 Å². The molecular weight excluding hydrogens is 200 g/mol. The molecule has 0 bridgehead atoms. The summed E-state index contributed by atoms with van der Waals surface area (Å²) in [6.45, 7) is 4.09. The predicted octanol–water partition coefficient (Wildman–Crippen LogP) is 2.51. The lowest BCUT2D eigenvalue weighted by Gasteiger charge is -2.30. The van der Waals surface area contributed by atoms with Crippen LogP contribution in [0.25, 0.3) is 0 Å². The van der Waals surface area contributed by atoms with Crippen LogP contribution < -0.4 is 0 Å². The van der Waals surface area contributed by atoms with Crippen LogP contribution in [0.2, 0.25) is 0 Å². The van der Waals surface area contributed by atoms with Crippen molar-refractivity contribution < 1.29 is 9.59 Å². The van der Waals surface area contributed by atoms with Crippen molar-refractivity contribution >= 4 is 11.6 Å². The lowest BCUT2D eigenvalue weighted by molar-refractivity contribution is -0.123. The maximum absolute atomic E-state index is 11.8. The van der Waals surface area contributed by atoms with Crippen molar-refractivity contribution in [3.05, 3.63) is 35.9 Å². The van der Waals surface area contributed by atoms with Crippen LogP contribution in [0.3, 0.4) is 0 Å². The highest BCUT2D eigenvalue weighted by atomic mass is 16.2. The standard InChI is InChI=1S/C14H16O2/c1-14(2,10-6-4-3-5-7-10)12-8-11(15)9-13(12)16/h3-7,12H,8-9H2,1-2H3. The predicted molar refractivity (Wildman–Crippen MR) is 62.2 cm³/mol. The molecule has 1 unspecified atom stereocenters. The van der Waals surface area contributed by atoms with Crippen molar-refractivity contribution in [3.63, 3.8) is 0 Å². The number of carbonyl (C=O) groups is 2. The van der Waals surface area contributed by atoms with Gasteiger partial charge in [-0.05, 0) is 11.0 Å². The van der Waals surface area contributed by atoms with Gasteiger partial charge < -0.3 is 0 Å². The van der Waals surface area contributed by atoms with Crippen LogP contribution in [0.15, 0.2) is 30.3 Å². The molecule has 0 aliphatic heterocycles. The first-order valence-electron chi connectivity index (χ1n) is 5.62. The molecular formula is C14H16O2. The Morgan fingerprint density at radius 2 is 1.75 bits per heavy atom. The summed E-state index contributed by atoms with van der Waals surface area (Å²) in [5.74, 6) is 0.0280. The monoisotopic (exact) mass is 216 g/mol. The average Bonchev–Trinajstić information content (AvgIpc) is 2.60. The van der Waals surface area contributed by atoms with E-state index >= 15 is 0 Å². The van der Waals surface area contributed by atoms with Crippen molar-refractivity contribution in [2.24, 2.45) is 5.92 Å². The highest BCUT2D eigenvalue weighted by molar-refractivity contribution is 6.07. The number of hydrogen-bond acceptors (Lipinski definition) is 2. The van der Waals surface area contributed by atoms with Crippen molar-refractivity contribution in [2.75, 3.05) is 0 Å². The first kappa shape index (κ1) is 11.1. The Morgan fingerprint density at radius 1 is 1.12 bits per heavy atom. The van der Waals surface area contributed by atoms with Crippen LogP contribution in [0.5, 0.6) is 0 Å². The third kappa shape index (κ3) is 1.80. The maximum Gasteiger partial charge on any atom is 0.144 e. The molecule has 0 N–H and O–H groups in total. The number of ketones is 2. The number of Topliss-reactive ketones (excluding diaryl/α,β-unsaturated/α-hetero) is 2. The number of carbonyl (C=O) groups excluding carboxylic acids is 2. The number of hydrogen-bond donors (Lipinski definition) is 0. The summed E-state index contributed by atoms with van der Waals surface area (Å²) in [5, 5.41) is 0. The molecule has 1 aromatic rings. The lowest BCUT2D eigenvalue weighted by Crippen LogP contribution is -2.31. The highest BCUT2D eigenvalue weighted by Gasteiger charge is 2.42. The van der Waals surface area contributed by atoms with Gasteiger partial charge in [-0.25, -0.2) is 0 Å². The quantitative estimate of drug-likeness (QED) is 0.712. The molecule has 2 nitrogen and oxygen atoms in total. The Labute approximate surface area is 95.7 Å². The summed E-state index contributed by atoms with van der Waals surface area (Å²) >= 11 is 0. The van der Waals surface area contributed by atoms with Crippen LogP contribution in [-0.4, -0.2) is 11.6 Å². The van der Waals surface area contributed by atoms with E-state index in [1.54, 1.807) is 0 Å². The molecule has 1 fully saturated rings. The Morgan fingerprint density at radius 3 is 2.25 bits per heavy atom. The number of rotatable bonds is 2. The molecule has 2 heteroatoms. The molecule has 1 atom stereocenters. The zero-order chi connectivity index (χ0) is 11.8. The van der Waals surface area contributed by atoms with Crippen molar-refractivity contribution in [1.82, 2.24) is 0 Å². The minimum absolute atomic E-state index is 0.0824. The third-order valence-electron chi connectivity index (χ3n) is 3.58. The van der Waals surface area contributed by atoms with Crippen LogP contribution in [0.1, 0.15) is 32.3 Å². The summed E-state index contributed by atoms with van der Waals surface area (Å²) in [5.41, 5.74) is 0.882. The first-order chi connectivity index (χ1) is 7.51. The van der Waals surface area contributed by atoms with Crippen molar-refractivity contribution in [2.45, 2.75) is 32.1 Å². The molecule has 1 saturated carbocycles. The average molecular weight is 216 g/mol. The van der Waals surface area contributed by atoms with E-state index in [0.717, 1.165) is 5.56 Å². The Bertz CT molecular complexity index is 418. The van der Waals surface area contributed by atoms with Crippen LogP contribution >= 0.6 is 0 Å². The van der Waals surface area contributed by atoms with Crippen molar-refractivity contribution in [3.8, 4) is 0 Å². The van der Waals surface area contributed by atoms with Gasteiger partial charge in [0.05, 0.1) is 6.42 Å². The van der Waals surface area contributed by atoms with Gasteiger partial charge in [-0.1, -0.05) is 44.2 Å². The first-order valence-corrected chi connectivity index (χ1v) is 5.62. The SMILES string of the molecule is CC(C)(c1ccccc1)C1CC(=O)CC1=O. The van der Waals surface area contributed by atoms with Gasteiger partial charge in [-0.15, -0.1) is 0 Å². The molecule has 0 heterocycles. The third-order valence-corrected chi connectivity index (χ3v) is 3.58. The van der Waals surface area contributed by atoms with E-state index in [1.807, 2.05) is 44.2 Å². The zero-order valence-electron chi connectivity index (χ0n) is 9.69. The molecule has 0 aromatic heterocycles. The Hall–Kier alpha value is -1.44. The molecule has 2 rings (SSSR count). The van der Waals surface area contributed by atoms with Gasteiger partial charge in [-0.3, -0.25) is 9.59 Å². The number of benzene rings is 1. The fraction of sp³-hybridized carbons (Fsp3) is 0.429. The molecule has 0 radical (unpaired) electrons. The van der Waals surface area contributed by atoms with Crippen LogP contribution in [0, 0.1) is 5.92 Å². The minimum Gasteiger partial charge on any atom is -0.299 e. The zero-order valence-corrected chi connectivity index (χ0v) is 9.69. The van der Waals surface area contributed by atoms with Crippen molar-refractivity contribution in [1.29, 1.82) is 0 Å². The summed E-state index contributed by atoms with van der Waals surface area (Å²) < 4.78 is 0. The fourth-order valence-corrected chi connectivity index (χ4v) is 2.46. The van der Waals surface area contributed by atoms with Gasteiger partial charge in [0.15, 0.2) is 0 Å². The summed E-state index contributed by atoms with van der Waals surface area (Å²) in [6, 6.07) is 9.95. The molecule has 0 spiro atoms. The summed E-state index contributed by atoms with van der Waals surface area (Å²) in [4.78, 5) is 23.1. The Kier molecular flexibility index (Phi) is 2.66. The molecule has 0 amide bonds. The molecule has 16 heavy (non-hydrogen) atoms. The largest absolute Gasteiger partial charge is 0.299 e. The van der Waals surface area contributed by atoms with E-state index in [0.29, 0.717) is 6.42 Å². The topological polar surface area (TPSA) is 34.1 Å². The smallest absolute Gasteiger partial charge is 0.144 e. The minimum atomic E-state index is -0.246.